The van der Waals surface area contributed by atoms with Gasteiger partial charge >= 0.3 is 6.03 Å². The predicted molar refractivity (Wildman–Crippen MR) is 97.4 cm³/mol. The smallest absolute Gasteiger partial charge is 0.321 e. The Morgan fingerprint density at radius 2 is 2.00 bits per heavy atom. The van der Waals surface area contributed by atoms with Gasteiger partial charge in [0.1, 0.15) is 0 Å². The lowest BCUT2D eigenvalue weighted by molar-refractivity contribution is 0.0542. The molecule has 1 aromatic carbocycles. The number of amides is 2. The van der Waals surface area contributed by atoms with Crippen LogP contribution < -0.4 is 5.32 Å². The number of hydrogen-bond donors (Lipinski definition) is 2. The number of rotatable bonds is 5. The molecule has 1 saturated heterocycles. The molecule has 6 heteroatoms. The minimum absolute atomic E-state index is 0.00900. The molecular formula is C19H26N4O2. The first-order valence-corrected chi connectivity index (χ1v) is 8.87. The van der Waals surface area contributed by atoms with Crippen molar-refractivity contribution in [3.05, 3.63) is 48.3 Å². The predicted octanol–water partition coefficient (Wildman–Crippen LogP) is 2.95. The molecule has 1 aliphatic heterocycles. The van der Waals surface area contributed by atoms with Crippen LogP contribution in [0, 0.1) is 5.41 Å². The first-order valence-electron chi connectivity index (χ1n) is 8.87. The van der Waals surface area contributed by atoms with Gasteiger partial charge in [-0.25, -0.2) is 4.79 Å². The molecule has 0 atom stereocenters. The Balaban J connectivity index is 1.53. The zero-order chi connectivity index (χ0) is 17.7. The van der Waals surface area contributed by atoms with Crippen LogP contribution in [0.5, 0.6) is 0 Å². The number of aliphatic hydroxyl groups is 1. The molecule has 1 aliphatic rings. The Bertz CT molecular complexity index is 668. The number of benzene rings is 1. The second-order valence-electron chi connectivity index (χ2n) is 6.83. The van der Waals surface area contributed by atoms with Gasteiger partial charge in [-0.2, -0.15) is 5.10 Å². The average molecular weight is 342 g/mol. The molecule has 0 spiro atoms. The molecule has 0 bridgehead atoms. The van der Waals surface area contributed by atoms with Gasteiger partial charge in [0.15, 0.2) is 0 Å². The lowest BCUT2D eigenvalue weighted by Crippen LogP contribution is -2.46. The molecule has 134 valence electrons. The monoisotopic (exact) mass is 342 g/mol. The van der Waals surface area contributed by atoms with Crippen LogP contribution in [0.1, 0.15) is 31.7 Å². The van der Waals surface area contributed by atoms with Crippen molar-refractivity contribution >= 4 is 11.7 Å². The lowest BCUT2D eigenvalue weighted by Gasteiger charge is -2.40. The minimum atomic E-state index is -0.0672. The summed E-state index contributed by atoms with van der Waals surface area (Å²) in [5.41, 5.74) is 1.92. The summed E-state index contributed by atoms with van der Waals surface area (Å²) in [5, 5.41) is 16.7. The largest absolute Gasteiger partial charge is 0.396 e. The van der Waals surface area contributed by atoms with E-state index in [4.69, 9.17) is 0 Å². The van der Waals surface area contributed by atoms with E-state index in [1.165, 1.54) is 0 Å². The number of aliphatic hydroxyl groups excluding tert-OH is 1. The molecule has 25 heavy (non-hydrogen) atoms. The van der Waals surface area contributed by atoms with Gasteiger partial charge in [0.05, 0.1) is 6.54 Å². The number of urea groups is 1. The highest BCUT2D eigenvalue weighted by Gasteiger charge is 2.33. The number of carbonyl (C=O) groups excluding carboxylic acids is 1. The maximum atomic E-state index is 12.4. The van der Waals surface area contributed by atoms with Crippen molar-refractivity contribution in [1.82, 2.24) is 14.7 Å². The summed E-state index contributed by atoms with van der Waals surface area (Å²) in [6.07, 6.45) is 6.36. The Morgan fingerprint density at radius 3 is 2.56 bits per heavy atom. The highest BCUT2D eigenvalue weighted by Crippen LogP contribution is 2.34. The van der Waals surface area contributed by atoms with E-state index in [1.54, 1.807) is 6.20 Å². The summed E-state index contributed by atoms with van der Waals surface area (Å²) < 4.78 is 1.86. The molecule has 2 heterocycles. The summed E-state index contributed by atoms with van der Waals surface area (Å²) in [7, 11) is 0. The molecule has 2 aromatic rings. The van der Waals surface area contributed by atoms with Crippen molar-refractivity contribution in [2.45, 2.75) is 32.7 Å². The minimum Gasteiger partial charge on any atom is -0.396 e. The normalized spacial score (nSPS) is 16.6. The maximum Gasteiger partial charge on any atom is 0.321 e. The second kappa shape index (κ2) is 7.70. The number of hydrogen-bond acceptors (Lipinski definition) is 3. The molecular weight excluding hydrogens is 316 g/mol. The van der Waals surface area contributed by atoms with Gasteiger partial charge in [-0.15, -0.1) is 0 Å². The molecule has 6 nitrogen and oxygen atoms in total. The highest BCUT2D eigenvalue weighted by atomic mass is 16.3. The van der Waals surface area contributed by atoms with Gasteiger partial charge in [-0.1, -0.05) is 19.1 Å². The van der Waals surface area contributed by atoms with E-state index in [2.05, 4.69) is 17.3 Å². The average Bonchev–Trinajstić information content (AvgIpc) is 3.16. The molecule has 1 fully saturated rings. The zero-order valence-corrected chi connectivity index (χ0v) is 14.7. The van der Waals surface area contributed by atoms with E-state index >= 15 is 0 Å². The summed E-state index contributed by atoms with van der Waals surface area (Å²) in [6.45, 7) is 4.41. The van der Waals surface area contributed by atoms with Crippen LogP contribution in [0.25, 0.3) is 0 Å². The molecule has 0 aliphatic carbocycles. The molecule has 3 rings (SSSR count). The molecule has 2 amide bonds. The Morgan fingerprint density at radius 1 is 1.28 bits per heavy atom. The van der Waals surface area contributed by atoms with Crippen LogP contribution in [0.3, 0.4) is 0 Å². The number of aromatic nitrogens is 2. The standard InChI is InChI=1S/C19H26N4O2/c1-2-19(15-24)8-12-22(13-9-19)18(25)21-17-6-4-16(5-7-17)14-23-11-3-10-20-23/h3-7,10-11,24H,2,8-9,12-15H2,1H3,(H,21,25). The van der Waals surface area contributed by atoms with Crippen LogP contribution >= 0.6 is 0 Å². The summed E-state index contributed by atoms with van der Waals surface area (Å²) in [4.78, 5) is 14.3. The first kappa shape index (κ1) is 17.5. The van der Waals surface area contributed by atoms with Crippen LogP contribution in [0.4, 0.5) is 10.5 Å². The fraction of sp³-hybridized carbons (Fsp3) is 0.474. The molecule has 2 N–H and O–H groups in total. The second-order valence-corrected chi connectivity index (χ2v) is 6.83. The maximum absolute atomic E-state index is 12.4. The Kier molecular flexibility index (Phi) is 5.38. The Hall–Kier alpha value is -2.34. The number of nitrogens with one attached hydrogen (secondary N) is 1. The fourth-order valence-corrected chi connectivity index (χ4v) is 3.28. The van der Waals surface area contributed by atoms with E-state index in [0.29, 0.717) is 19.6 Å². The molecule has 0 radical (unpaired) electrons. The summed E-state index contributed by atoms with van der Waals surface area (Å²) in [5.74, 6) is 0. The number of likely N-dealkylation sites (tertiary alicyclic amines) is 1. The molecule has 0 saturated carbocycles. The van der Waals surface area contributed by atoms with E-state index < -0.39 is 0 Å². The van der Waals surface area contributed by atoms with E-state index in [0.717, 1.165) is 30.5 Å². The van der Waals surface area contributed by atoms with Crippen LogP contribution in [-0.2, 0) is 6.54 Å². The fourth-order valence-electron chi connectivity index (χ4n) is 3.28. The third kappa shape index (κ3) is 4.20. The number of carbonyl (C=O) groups is 1. The van der Waals surface area contributed by atoms with Gasteiger partial charge in [-0.05, 0) is 48.4 Å². The van der Waals surface area contributed by atoms with Gasteiger partial charge in [0.2, 0.25) is 0 Å². The summed E-state index contributed by atoms with van der Waals surface area (Å²) in [6, 6.07) is 9.68. The van der Waals surface area contributed by atoms with Crippen molar-refractivity contribution in [3.8, 4) is 0 Å². The van der Waals surface area contributed by atoms with Crippen molar-refractivity contribution in [2.75, 3.05) is 25.0 Å². The van der Waals surface area contributed by atoms with Gasteiger partial charge in [0, 0.05) is 37.8 Å². The third-order valence-electron chi connectivity index (χ3n) is 5.31. The lowest BCUT2D eigenvalue weighted by atomic mass is 9.77. The summed E-state index contributed by atoms with van der Waals surface area (Å²) >= 11 is 0. The highest BCUT2D eigenvalue weighted by molar-refractivity contribution is 5.89. The van der Waals surface area contributed by atoms with Crippen molar-refractivity contribution < 1.29 is 9.90 Å². The van der Waals surface area contributed by atoms with Crippen molar-refractivity contribution in [1.29, 1.82) is 0 Å². The van der Waals surface area contributed by atoms with Crippen LogP contribution in [0.15, 0.2) is 42.7 Å². The quantitative estimate of drug-likeness (QED) is 0.878. The number of piperidine rings is 1. The van der Waals surface area contributed by atoms with E-state index in [9.17, 15) is 9.90 Å². The topological polar surface area (TPSA) is 70.4 Å². The van der Waals surface area contributed by atoms with E-state index in [1.807, 2.05) is 46.1 Å². The Labute approximate surface area is 148 Å². The third-order valence-corrected chi connectivity index (χ3v) is 5.31. The van der Waals surface area contributed by atoms with E-state index in [-0.39, 0.29) is 18.1 Å². The number of anilines is 1. The van der Waals surface area contributed by atoms with Crippen molar-refractivity contribution in [3.63, 3.8) is 0 Å². The van der Waals surface area contributed by atoms with Crippen LogP contribution in [0.2, 0.25) is 0 Å². The first-order chi connectivity index (χ1) is 12.1. The molecule has 0 unspecified atom stereocenters. The van der Waals surface area contributed by atoms with Gasteiger partial charge in [0.25, 0.3) is 0 Å². The van der Waals surface area contributed by atoms with Crippen molar-refractivity contribution in [2.24, 2.45) is 5.41 Å². The van der Waals surface area contributed by atoms with Crippen LogP contribution in [-0.4, -0.2) is 45.5 Å². The molecule has 1 aromatic heterocycles. The number of nitrogens with zero attached hydrogens (tertiary/aromatic N) is 3. The zero-order valence-electron chi connectivity index (χ0n) is 14.7. The van der Waals surface area contributed by atoms with Gasteiger partial charge < -0.3 is 15.3 Å². The van der Waals surface area contributed by atoms with Gasteiger partial charge in [-0.3, -0.25) is 4.68 Å². The SMILES string of the molecule is CCC1(CO)CCN(C(=O)Nc2ccc(Cn3cccn3)cc2)CC1.